The number of nitrogens with one attached hydrogen (secondary N) is 1. The first-order chi connectivity index (χ1) is 6.68. The van der Waals surface area contributed by atoms with Gasteiger partial charge in [-0.05, 0) is 19.9 Å². The highest BCUT2D eigenvalue weighted by Gasteiger charge is 2.34. The molecule has 2 unspecified atom stereocenters. The molecule has 1 aliphatic heterocycles. The number of hydrogen-bond donors (Lipinski definition) is 2. The average molecular weight is 203 g/mol. The molecule has 2 atom stereocenters. The number of ether oxygens (including phenoxy) is 2. The molecule has 0 aliphatic carbocycles. The van der Waals surface area contributed by atoms with Crippen LogP contribution in [0.25, 0.3) is 0 Å². The number of hydrogen-bond acceptors (Lipinski definition) is 4. The van der Waals surface area contributed by atoms with Gasteiger partial charge in [-0.2, -0.15) is 0 Å². The molecule has 84 valence electrons. The Morgan fingerprint density at radius 1 is 1.64 bits per heavy atom. The zero-order chi connectivity index (χ0) is 10.4. The predicted molar refractivity (Wildman–Crippen MR) is 54.3 cm³/mol. The molecule has 0 aromatic heterocycles. The van der Waals surface area contributed by atoms with Crippen molar-refractivity contribution in [3.63, 3.8) is 0 Å². The van der Waals surface area contributed by atoms with E-state index in [0.29, 0.717) is 6.61 Å². The van der Waals surface area contributed by atoms with E-state index in [1.54, 1.807) is 14.0 Å². The molecule has 14 heavy (non-hydrogen) atoms. The van der Waals surface area contributed by atoms with Crippen molar-refractivity contribution in [1.29, 1.82) is 0 Å². The summed E-state index contributed by atoms with van der Waals surface area (Å²) in [5.74, 6) is 0. The lowest BCUT2D eigenvalue weighted by atomic mass is 10.0. The van der Waals surface area contributed by atoms with Gasteiger partial charge in [-0.15, -0.1) is 0 Å². The van der Waals surface area contributed by atoms with Crippen molar-refractivity contribution in [2.45, 2.75) is 31.5 Å². The second-order valence-electron chi connectivity index (χ2n) is 4.00. The Kier molecular flexibility index (Phi) is 4.81. The van der Waals surface area contributed by atoms with Crippen LogP contribution in [-0.2, 0) is 9.47 Å². The standard InChI is InChI=1S/C10H21NO3/c1-9(12)3-5-11-7-10(13-2)4-6-14-8-10/h9,11-12H,3-8H2,1-2H3. The molecule has 4 heteroatoms. The molecule has 2 N–H and O–H groups in total. The van der Waals surface area contributed by atoms with Gasteiger partial charge >= 0.3 is 0 Å². The van der Waals surface area contributed by atoms with Crippen molar-refractivity contribution >= 4 is 0 Å². The lowest BCUT2D eigenvalue weighted by Crippen LogP contribution is -2.43. The van der Waals surface area contributed by atoms with Crippen LogP contribution < -0.4 is 5.32 Å². The first-order valence-electron chi connectivity index (χ1n) is 5.20. The molecule has 0 amide bonds. The fraction of sp³-hybridized carbons (Fsp3) is 1.00. The summed E-state index contributed by atoms with van der Waals surface area (Å²) in [6, 6.07) is 0. The van der Waals surface area contributed by atoms with E-state index < -0.39 is 0 Å². The maximum Gasteiger partial charge on any atom is 0.106 e. The number of aliphatic hydroxyl groups is 1. The maximum absolute atomic E-state index is 9.07. The first-order valence-corrected chi connectivity index (χ1v) is 5.20. The van der Waals surface area contributed by atoms with Crippen molar-refractivity contribution < 1.29 is 14.6 Å². The molecule has 1 heterocycles. The van der Waals surface area contributed by atoms with Crippen molar-refractivity contribution in [1.82, 2.24) is 5.32 Å². The second-order valence-corrected chi connectivity index (χ2v) is 4.00. The highest BCUT2D eigenvalue weighted by Crippen LogP contribution is 2.21. The quantitative estimate of drug-likeness (QED) is 0.603. The fourth-order valence-electron chi connectivity index (χ4n) is 1.59. The molecule has 4 nitrogen and oxygen atoms in total. The summed E-state index contributed by atoms with van der Waals surface area (Å²) >= 11 is 0. The fourth-order valence-corrected chi connectivity index (χ4v) is 1.59. The van der Waals surface area contributed by atoms with Gasteiger partial charge in [0.05, 0.1) is 12.7 Å². The Morgan fingerprint density at radius 2 is 2.43 bits per heavy atom. The minimum Gasteiger partial charge on any atom is -0.393 e. The van der Waals surface area contributed by atoms with Gasteiger partial charge in [-0.3, -0.25) is 0 Å². The van der Waals surface area contributed by atoms with Gasteiger partial charge in [-0.1, -0.05) is 0 Å². The van der Waals surface area contributed by atoms with E-state index in [-0.39, 0.29) is 11.7 Å². The van der Waals surface area contributed by atoms with E-state index in [0.717, 1.165) is 32.5 Å². The van der Waals surface area contributed by atoms with Crippen molar-refractivity contribution in [3.8, 4) is 0 Å². The second kappa shape index (κ2) is 5.66. The highest BCUT2D eigenvalue weighted by molar-refractivity contribution is 4.86. The number of rotatable bonds is 6. The normalized spacial score (nSPS) is 29.4. The third kappa shape index (κ3) is 3.53. The van der Waals surface area contributed by atoms with Crippen LogP contribution in [0.5, 0.6) is 0 Å². The maximum atomic E-state index is 9.07. The highest BCUT2D eigenvalue weighted by atomic mass is 16.5. The molecular formula is C10H21NO3. The van der Waals surface area contributed by atoms with Crippen LogP contribution in [-0.4, -0.2) is 50.2 Å². The molecule has 0 aromatic rings. The first kappa shape index (κ1) is 11.9. The Labute approximate surface area is 85.6 Å². The number of aliphatic hydroxyl groups excluding tert-OH is 1. The topological polar surface area (TPSA) is 50.7 Å². The van der Waals surface area contributed by atoms with Crippen LogP contribution in [0.2, 0.25) is 0 Å². The number of methoxy groups -OCH3 is 1. The summed E-state index contributed by atoms with van der Waals surface area (Å²) in [4.78, 5) is 0. The minimum atomic E-state index is -0.235. The third-order valence-electron chi connectivity index (χ3n) is 2.69. The molecule has 0 radical (unpaired) electrons. The molecule has 1 aliphatic rings. The Bertz CT molecular complexity index is 155. The van der Waals surface area contributed by atoms with Crippen molar-refractivity contribution in [2.24, 2.45) is 0 Å². The largest absolute Gasteiger partial charge is 0.393 e. The van der Waals surface area contributed by atoms with E-state index in [9.17, 15) is 0 Å². The van der Waals surface area contributed by atoms with Crippen molar-refractivity contribution in [2.75, 3.05) is 33.4 Å². The zero-order valence-corrected chi connectivity index (χ0v) is 9.08. The molecule has 0 saturated carbocycles. The summed E-state index contributed by atoms with van der Waals surface area (Å²) in [5, 5.41) is 12.4. The summed E-state index contributed by atoms with van der Waals surface area (Å²) in [7, 11) is 1.73. The smallest absolute Gasteiger partial charge is 0.106 e. The summed E-state index contributed by atoms with van der Waals surface area (Å²) in [6.07, 6.45) is 1.49. The summed E-state index contributed by atoms with van der Waals surface area (Å²) in [5.41, 5.74) is -0.140. The molecule has 1 rings (SSSR count). The van der Waals surface area contributed by atoms with Gasteiger partial charge in [-0.25, -0.2) is 0 Å². The molecule has 0 spiro atoms. The van der Waals surface area contributed by atoms with Gasteiger partial charge in [0.15, 0.2) is 0 Å². The Balaban J connectivity index is 2.15. The predicted octanol–water partition coefficient (Wildman–Crippen LogP) is 0.152. The van der Waals surface area contributed by atoms with E-state index in [2.05, 4.69) is 5.32 Å². The van der Waals surface area contributed by atoms with Crippen LogP contribution in [0.1, 0.15) is 19.8 Å². The van der Waals surface area contributed by atoms with Gasteiger partial charge < -0.3 is 19.9 Å². The lowest BCUT2D eigenvalue weighted by Gasteiger charge is -2.26. The molecular weight excluding hydrogens is 182 g/mol. The zero-order valence-electron chi connectivity index (χ0n) is 9.08. The lowest BCUT2D eigenvalue weighted by molar-refractivity contribution is -0.0160. The van der Waals surface area contributed by atoms with Crippen molar-refractivity contribution in [3.05, 3.63) is 0 Å². The summed E-state index contributed by atoms with van der Waals surface area (Å²) in [6.45, 7) is 4.88. The van der Waals surface area contributed by atoms with Crippen LogP contribution in [0, 0.1) is 0 Å². The average Bonchev–Trinajstić information content (AvgIpc) is 2.62. The molecule has 1 saturated heterocycles. The van der Waals surface area contributed by atoms with Crippen LogP contribution in [0.3, 0.4) is 0 Å². The molecule has 0 bridgehead atoms. The van der Waals surface area contributed by atoms with Crippen LogP contribution in [0.15, 0.2) is 0 Å². The van der Waals surface area contributed by atoms with E-state index >= 15 is 0 Å². The van der Waals surface area contributed by atoms with Gasteiger partial charge in [0, 0.05) is 26.7 Å². The van der Waals surface area contributed by atoms with E-state index in [4.69, 9.17) is 14.6 Å². The van der Waals surface area contributed by atoms with Gasteiger partial charge in [0.25, 0.3) is 0 Å². The van der Waals surface area contributed by atoms with E-state index in [1.165, 1.54) is 0 Å². The monoisotopic (exact) mass is 203 g/mol. The summed E-state index contributed by atoms with van der Waals surface area (Å²) < 4.78 is 10.8. The molecule has 0 aromatic carbocycles. The van der Waals surface area contributed by atoms with Gasteiger partial charge in [0.2, 0.25) is 0 Å². The van der Waals surface area contributed by atoms with Crippen LogP contribution in [0.4, 0.5) is 0 Å². The van der Waals surface area contributed by atoms with E-state index in [1.807, 2.05) is 0 Å². The minimum absolute atomic E-state index is 0.140. The SMILES string of the molecule is COC1(CNCCC(C)O)CCOC1. The third-order valence-corrected chi connectivity index (χ3v) is 2.69. The Morgan fingerprint density at radius 3 is 2.93 bits per heavy atom. The van der Waals surface area contributed by atoms with Crippen LogP contribution >= 0.6 is 0 Å². The Hall–Kier alpha value is -0.160. The van der Waals surface area contributed by atoms with Gasteiger partial charge in [0.1, 0.15) is 5.60 Å². The molecule has 1 fully saturated rings.